The monoisotopic (exact) mass is 405 g/mol. The van der Waals surface area contributed by atoms with Gasteiger partial charge in [0.15, 0.2) is 0 Å². The van der Waals surface area contributed by atoms with Gasteiger partial charge in [-0.1, -0.05) is 32.9 Å². The maximum Gasteiger partial charge on any atom is 0.252 e. The first kappa shape index (κ1) is 19.9. The zero-order valence-corrected chi connectivity index (χ0v) is 17.5. The van der Waals surface area contributed by atoms with Crippen LogP contribution in [-0.4, -0.2) is 27.5 Å². The number of carbonyl (C=O) groups excluding carboxylic acids is 2. The first-order chi connectivity index (χ1) is 14.2. The number of nitrogens with one attached hydrogen (secondary N) is 1. The second-order valence-electron chi connectivity index (χ2n) is 8.79. The molecule has 1 saturated carbocycles. The predicted molar refractivity (Wildman–Crippen MR) is 117 cm³/mol. The van der Waals surface area contributed by atoms with E-state index in [-0.39, 0.29) is 11.5 Å². The lowest BCUT2D eigenvalue weighted by Gasteiger charge is -2.33. The first-order valence-corrected chi connectivity index (χ1v) is 10.2. The van der Waals surface area contributed by atoms with Gasteiger partial charge in [-0.3, -0.25) is 9.59 Å². The summed E-state index contributed by atoms with van der Waals surface area (Å²) in [6.07, 6.45) is 5.58. The molecule has 4 rings (SSSR count). The van der Waals surface area contributed by atoms with Crippen LogP contribution >= 0.6 is 0 Å². The molecule has 1 unspecified atom stereocenters. The lowest BCUT2D eigenvalue weighted by molar-refractivity contribution is 0.0992. The largest absolute Gasteiger partial charge is 0.379 e. The van der Waals surface area contributed by atoms with Gasteiger partial charge in [-0.05, 0) is 47.9 Å². The molecule has 3 aromatic rings. The zero-order valence-electron chi connectivity index (χ0n) is 17.5. The van der Waals surface area contributed by atoms with E-state index in [1.807, 2.05) is 24.4 Å². The van der Waals surface area contributed by atoms with E-state index in [2.05, 4.69) is 31.2 Å². The molecule has 2 aromatic heterocycles. The summed E-state index contributed by atoms with van der Waals surface area (Å²) in [5, 5.41) is 8.00. The van der Waals surface area contributed by atoms with E-state index in [4.69, 9.17) is 11.5 Å². The number of aromatic nitrogens is 2. The molecule has 1 aromatic carbocycles. The summed E-state index contributed by atoms with van der Waals surface area (Å²) < 4.78 is 1.75. The summed E-state index contributed by atoms with van der Waals surface area (Å²) in [6.45, 7) is 6.78. The van der Waals surface area contributed by atoms with Crippen molar-refractivity contribution in [3.63, 3.8) is 0 Å². The molecule has 0 saturated heterocycles. The van der Waals surface area contributed by atoms with Crippen molar-refractivity contribution in [1.82, 2.24) is 9.61 Å². The fraction of sp³-hybridized carbons (Fsp3) is 0.348. The molecule has 1 aliphatic carbocycles. The topological polar surface area (TPSA) is 116 Å². The van der Waals surface area contributed by atoms with Gasteiger partial charge >= 0.3 is 0 Å². The summed E-state index contributed by atoms with van der Waals surface area (Å²) in [4.78, 5) is 23.5. The maximum absolute atomic E-state index is 12.1. The van der Waals surface area contributed by atoms with E-state index in [0.717, 1.165) is 29.5 Å². The van der Waals surface area contributed by atoms with Crippen LogP contribution < -0.4 is 16.8 Å². The van der Waals surface area contributed by atoms with Crippen molar-refractivity contribution < 1.29 is 9.59 Å². The summed E-state index contributed by atoms with van der Waals surface area (Å²) in [7, 11) is 0. The molecule has 1 aliphatic rings. The van der Waals surface area contributed by atoms with Crippen LogP contribution in [0.3, 0.4) is 0 Å². The molecular weight excluding hydrogens is 378 g/mol. The fourth-order valence-corrected chi connectivity index (χ4v) is 4.32. The second-order valence-corrected chi connectivity index (χ2v) is 8.79. The molecule has 1 fully saturated rings. The van der Waals surface area contributed by atoms with Gasteiger partial charge in [-0.25, -0.2) is 4.52 Å². The lowest BCUT2D eigenvalue weighted by Crippen LogP contribution is -2.35. The van der Waals surface area contributed by atoms with E-state index < -0.39 is 11.8 Å². The Balaban J connectivity index is 1.79. The van der Waals surface area contributed by atoms with E-state index in [0.29, 0.717) is 22.7 Å². The van der Waals surface area contributed by atoms with Gasteiger partial charge in [0.1, 0.15) is 0 Å². The average molecular weight is 406 g/mol. The molecule has 0 bridgehead atoms. The van der Waals surface area contributed by atoms with Crippen LogP contribution in [0, 0.1) is 11.3 Å². The minimum Gasteiger partial charge on any atom is -0.379 e. The normalized spacial score (nSPS) is 20.4. The minimum atomic E-state index is -0.509. The third-order valence-corrected chi connectivity index (χ3v) is 6.78. The Morgan fingerprint density at radius 3 is 2.37 bits per heavy atom. The van der Waals surface area contributed by atoms with E-state index >= 15 is 0 Å². The number of hydrogen-bond donors (Lipinski definition) is 3. The number of hydrogen-bond acceptors (Lipinski definition) is 4. The molecular formula is C23H27N5O2. The van der Waals surface area contributed by atoms with Gasteiger partial charge in [0, 0.05) is 23.4 Å². The Bertz CT molecular complexity index is 1130. The highest BCUT2D eigenvalue weighted by Gasteiger charge is 2.41. The Morgan fingerprint density at radius 2 is 1.80 bits per heavy atom. The number of carbonyl (C=O) groups is 2. The maximum atomic E-state index is 12.1. The van der Waals surface area contributed by atoms with Crippen molar-refractivity contribution in [1.29, 1.82) is 0 Å². The minimum absolute atomic E-state index is 0.0925. The molecule has 0 radical (unpaired) electrons. The first-order valence-electron chi connectivity index (χ1n) is 10.2. The Morgan fingerprint density at radius 1 is 1.10 bits per heavy atom. The Labute approximate surface area is 175 Å². The number of fused-ring (bicyclic) bond motifs is 1. The summed E-state index contributed by atoms with van der Waals surface area (Å²) in [5.74, 6) is -0.392. The zero-order chi connectivity index (χ0) is 21.6. The van der Waals surface area contributed by atoms with Gasteiger partial charge in [0.2, 0.25) is 5.91 Å². The highest BCUT2D eigenvalue weighted by atomic mass is 16.1. The van der Waals surface area contributed by atoms with Crippen LogP contribution in [0.1, 0.15) is 54.3 Å². The van der Waals surface area contributed by atoms with E-state index in [1.54, 1.807) is 16.6 Å². The van der Waals surface area contributed by atoms with Crippen LogP contribution in [0.15, 0.2) is 42.7 Å². The van der Waals surface area contributed by atoms with Gasteiger partial charge in [-0.15, -0.1) is 0 Å². The smallest absolute Gasteiger partial charge is 0.252 e. The summed E-state index contributed by atoms with van der Waals surface area (Å²) in [5.41, 5.74) is 15.3. The second kappa shape index (κ2) is 7.16. The number of amides is 2. The van der Waals surface area contributed by atoms with Crippen LogP contribution in [0.5, 0.6) is 0 Å². The molecule has 5 N–H and O–H groups in total. The van der Waals surface area contributed by atoms with Gasteiger partial charge in [0.05, 0.1) is 23.0 Å². The highest BCUT2D eigenvalue weighted by molar-refractivity contribution is 6.02. The van der Waals surface area contributed by atoms with Crippen molar-refractivity contribution >= 4 is 23.0 Å². The van der Waals surface area contributed by atoms with Crippen molar-refractivity contribution in [2.45, 2.75) is 39.7 Å². The molecule has 0 spiro atoms. The molecule has 156 valence electrons. The van der Waals surface area contributed by atoms with Crippen molar-refractivity contribution in [3.8, 4) is 11.1 Å². The van der Waals surface area contributed by atoms with Gasteiger partial charge < -0.3 is 16.8 Å². The number of nitrogens with two attached hydrogens (primary N) is 2. The van der Waals surface area contributed by atoms with Crippen molar-refractivity contribution in [2.75, 3.05) is 5.32 Å². The van der Waals surface area contributed by atoms with E-state index in [1.165, 1.54) is 6.20 Å². The molecule has 7 heteroatoms. The standard InChI is InChI=1S/C23H27N5O2/c1-13-4-9-19(23(13,2)3)27-20-17(22(25)30)11-26-28-12-16(10-18(20)28)14-5-7-15(8-6-14)21(24)29/h5-8,10-13,19,27H,4,9H2,1-3H3,(H2,24,29)(H2,25,30)/t13?,19-/m1/s1. The number of nitrogens with zero attached hydrogens (tertiary/aromatic N) is 2. The number of anilines is 1. The number of benzene rings is 1. The quantitative estimate of drug-likeness (QED) is 0.603. The predicted octanol–water partition coefficient (Wildman–Crippen LogP) is 3.44. The molecule has 30 heavy (non-hydrogen) atoms. The number of primary amides is 2. The lowest BCUT2D eigenvalue weighted by atomic mass is 9.80. The third-order valence-electron chi connectivity index (χ3n) is 6.78. The van der Waals surface area contributed by atoms with Crippen LogP contribution in [0.2, 0.25) is 0 Å². The van der Waals surface area contributed by atoms with Crippen LogP contribution in [-0.2, 0) is 0 Å². The molecule has 0 aliphatic heterocycles. The number of rotatable bonds is 5. The Hall–Kier alpha value is -3.35. The summed E-state index contributed by atoms with van der Waals surface area (Å²) in [6, 6.07) is 9.29. The van der Waals surface area contributed by atoms with Crippen LogP contribution in [0.4, 0.5) is 5.69 Å². The fourth-order valence-electron chi connectivity index (χ4n) is 4.32. The van der Waals surface area contributed by atoms with E-state index in [9.17, 15) is 9.59 Å². The highest BCUT2D eigenvalue weighted by Crippen LogP contribution is 2.44. The molecule has 2 heterocycles. The van der Waals surface area contributed by atoms with Gasteiger partial charge in [-0.2, -0.15) is 5.10 Å². The molecule has 2 amide bonds. The SMILES string of the molecule is CC1CC[C@@H](Nc2c(C(N)=O)cnn3cc(-c4ccc(C(N)=O)cc4)cc23)C1(C)C. The van der Waals surface area contributed by atoms with Crippen LogP contribution in [0.25, 0.3) is 16.6 Å². The Kier molecular flexibility index (Phi) is 4.76. The van der Waals surface area contributed by atoms with Crippen molar-refractivity contribution in [3.05, 3.63) is 53.9 Å². The summed E-state index contributed by atoms with van der Waals surface area (Å²) >= 11 is 0. The average Bonchev–Trinajstić information content (AvgIpc) is 3.24. The molecule has 7 nitrogen and oxygen atoms in total. The van der Waals surface area contributed by atoms with Gasteiger partial charge in [0.25, 0.3) is 5.91 Å². The van der Waals surface area contributed by atoms with Crippen molar-refractivity contribution in [2.24, 2.45) is 22.8 Å². The molecule has 2 atom stereocenters. The third kappa shape index (κ3) is 3.30.